The predicted octanol–water partition coefficient (Wildman–Crippen LogP) is 3.66. The summed E-state index contributed by atoms with van der Waals surface area (Å²) in [5.74, 6) is 1.12. The molecule has 0 aromatic heterocycles. The fourth-order valence-electron chi connectivity index (χ4n) is 2.13. The van der Waals surface area contributed by atoms with Crippen molar-refractivity contribution in [1.82, 2.24) is 0 Å². The standard InChI is InChI=1S/C17H23NO3/c1-11(2)10-21-16-8-7-14(12(3)19)9-15(16)18-17(20)13-5-4-6-13/h7-9,11,13H,4-6,10H2,1-3H3,(H,18,20). The molecule has 0 bridgehead atoms. The smallest absolute Gasteiger partial charge is 0.227 e. The van der Waals surface area contributed by atoms with Gasteiger partial charge in [-0.1, -0.05) is 20.3 Å². The van der Waals surface area contributed by atoms with E-state index >= 15 is 0 Å². The van der Waals surface area contributed by atoms with Gasteiger partial charge in [-0.15, -0.1) is 0 Å². The Morgan fingerprint density at radius 2 is 2.05 bits per heavy atom. The quantitative estimate of drug-likeness (QED) is 0.813. The van der Waals surface area contributed by atoms with Gasteiger partial charge in [0.05, 0.1) is 12.3 Å². The Morgan fingerprint density at radius 1 is 1.33 bits per heavy atom. The summed E-state index contributed by atoms with van der Waals surface area (Å²) in [4.78, 5) is 23.6. The van der Waals surface area contributed by atoms with Crippen molar-refractivity contribution in [2.75, 3.05) is 11.9 Å². The molecule has 1 N–H and O–H groups in total. The number of benzene rings is 1. The molecule has 0 heterocycles. The fraction of sp³-hybridized carbons (Fsp3) is 0.529. The average molecular weight is 289 g/mol. The molecule has 0 atom stereocenters. The molecule has 1 aliphatic rings. The minimum atomic E-state index is -0.0236. The lowest BCUT2D eigenvalue weighted by Gasteiger charge is -2.25. The number of Topliss-reactive ketones (excluding diaryl/α,β-unsaturated/α-hetero) is 1. The Hall–Kier alpha value is -1.84. The largest absolute Gasteiger partial charge is 0.491 e. The average Bonchev–Trinajstić information content (AvgIpc) is 2.34. The third kappa shape index (κ3) is 4.06. The molecule has 0 aliphatic heterocycles. The SMILES string of the molecule is CC(=O)c1ccc(OCC(C)C)c(NC(=O)C2CCC2)c1. The van der Waals surface area contributed by atoms with Gasteiger partial charge in [-0.25, -0.2) is 0 Å². The number of amides is 1. The molecule has 0 unspecified atom stereocenters. The van der Waals surface area contributed by atoms with Crippen LogP contribution in [-0.4, -0.2) is 18.3 Å². The van der Waals surface area contributed by atoms with Crippen molar-refractivity contribution in [1.29, 1.82) is 0 Å². The summed E-state index contributed by atoms with van der Waals surface area (Å²) in [5.41, 5.74) is 1.18. The fourth-order valence-corrected chi connectivity index (χ4v) is 2.13. The molecule has 4 heteroatoms. The minimum Gasteiger partial charge on any atom is -0.491 e. The highest BCUT2D eigenvalue weighted by Gasteiger charge is 2.26. The van der Waals surface area contributed by atoms with Crippen molar-refractivity contribution >= 4 is 17.4 Å². The van der Waals surface area contributed by atoms with Gasteiger partial charge < -0.3 is 10.1 Å². The van der Waals surface area contributed by atoms with Gasteiger partial charge in [-0.2, -0.15) is 0 Å². The van der Waals surface area contributed by atoms with Crippen LogP contribution in [0.3, 0.4) is 0 Å². The van der Waals surface area contributed by atoms with E-state index in [1.165, 1.54) is 6.92 Å². The highest BCUT2D eigenvalue weighted by Crippen LogP contribution is 2.31. The molecule has 1 saturated carbocycles. The molecule has 1 aromatic rings. The monoisotopic (exact) mass is 289 g/mol. The van der Waals surface area contributed by atoms with Gasteiger partial charge in [0.1, 0.15) is 5.75 Å². The van der Waals surface area contributed by atoms with E-state index in [1.807, 2.05) is 0 Å². The molecule has 1 aliphatic carbocycles. The highest BCUT2D eigenvalue weighted by atomic mass is 16.5. The van der Waals surface area contributed by atoms with Crippen LogP contribution in [0.1, 0.15) is 50.4 Å². The summed E-state index contributed by atoms with van der Waals surface area (Å²) < 4.78 is 5.74. The van der Waals surface area contributed by atoms with Crippen LogP contribution in [-0.2, 0) is 4.79 Å². The van der Waals surface area contributed by atoms with Gasteiger partial charge in [0, 0.05) is 11.5 Å². The molecule has 4 nitrogen and oxygen atoms in total. The van der Waals surface area contributed by atoms with Crippen LogP contribution >= 0.6 is 0 Å². The molecule has 0 radical (unpaired) electrons. The molecule has 1 amide bonds. The normalized spacial score (nSPS) is 14.7. The first-order chi connectivity index (χ1) is 9.97. The van der Waals surface area contributed by atoms with Gasteiger partial charge in [0.2, 0.25) is 5.91 Å². The summed E-state index contributed by atoms with van der Waals surface area (Å²) >= 11 is 0. The first-order valence-corrected chi connectivity index (χ1v) is 7.56. The molecule has 0 saturated heterocycles. The number of anilines is 1. The molecule has 0 spiro atoms. The van der Waals surface area contributed by atoms with Crippen molar-refractivity contribution in [3.8, 4) is 5.75 Å². The van der Waals surface area contributed by atoms with E-state index in [0.717, 1.165) is 19.3 Å². The maximum Gasteiger partial charge on any atom is 0.227 e. The number of carbonyl (C=O) groups excluding carboxylic acids is 2. The summed E-state index contributed by atoms with van der Waals surface area (Å²) in [5, 5.41) is 2.92. The molecule has 114 valence electrons. The maximum atomic E-state index is 12.1. The number of carbonyl (C=O) groups is 2. The molecule has 1 aromatic carbocycles. The van der Waals surface area contributed by atoms with Crippen molar-refractivity contribution in [3.05, 3.63) is 23.8 Å². The van der Waals surface area contributed by atoms with Gasteiger partial charge in [0.15, 0.2) is 5.78 Å². The van der Waals surface area contributed by atoms with E-state index in [9.17, 15) is 9.59 Å². The lowest BCUT2D eigenvalue weighted by Crippen LogP contribution is -2.28. The second kappa shape index (κ2) is 6.74. The van der Waals surface area contributed by atoms with Gasteiger partial charge in [-0.3, -0.25) is 9.59 Å². The Morgan fingerprint density at radius 3 is 2.57 bits per heavy atom. The van der Waals surface area contributed by atoms with Crippen molar-refractivity contribution < 1.29 is 14.3 Å². The third-order valence-electron chi connectivity index (χ3n) is 3.69. The Kier molecular flexibility index (Phi) is 4.99. The maximum absolute atomic E-state index is 12.1. The van der Waals surface area contributed by atoms with Crippen molar-refractivity contribution in [2.45, 2.75) is 40.0 Å². The Labute approximate surface area is 125 Å². The summed E-state index contributed by atoms with van der Waals surface area (Å²) in [7, 11) is 0. The van der Waals surface area contributed by atoms with Crippen LogP contribution in [0.25, 0.3) is 0 Å². The number of ketones is 1. The lowest BCUT2D eigenvalue weighted by atomic mass is 9.85. The molecular weight excluding hydrogens is 266 g/mol. The Balaban J connectivity index is 2.17. The molecular formula is C17H23NO3. The predicted molar refractivity (Wildman–Crippen MR) is 82.8 cm³/mol. The number of ether oxygens (including phenoxy) is 1. The first kappa shape index (κ1) is 15.5. The van der Waals surface area contributed by atoms with E-state index in [-0.39, 0.29) is 17.6 Å². The van der Waals surface area contributed by atoms with E-state index in [2.05, 4.69) is 19.2 Å². The summed E-state index contributed by atoms with van der Waals surface area (Å²) in [6, 6.07) is 5.20. The second-order valence-electron chi connectivity index (χ2n) is 6.09. The Bertz CT molecular complexity index is 533. The van der Waals surface area contributed by atoms with Crippen LogP contribution in [0.5, 0.6) is 5.75 Å². The van der Waals surface area contributed by atoms with E-state index in [0.29, 0.717) is 29.5 Å². The first-order valence-electron chi connectivity index (χ1n) is 7.56. The highest BCUT2D eigenvalue weighted by molar-refractivity contribution is 5.99. The van der Waals surface area contributed by atoms with Gasteiger partial charge >= 0.3 is 0 Å². The number of hydrogen-bond acceptors (Lipinski definition) is 3. The molecule has 1 fully saturated rings. The van der Waals surface area contributed by atoms with Crippen molar-refractivity contribution in [3.63, 3.8) is 0 Å². The zero-order chi connectivity index (χ0) is 15.4. The van der Waals surface area contributed by atoms with Crippen LogP contribution in [0.4, 0.5) is 5.69 Å². The zero-order valence-corrected chi connectivity index (χ0v) is 12.9. The lowest BCUT2D eigenvalue weighted by molar-refractivity contribution is -0.122. The van der Waals surface area contributed by atoms with E-state index in [4.69, 9.17) is 4.74 Å². The van der Waals surface area contributed by atoms with E-state index < -0.39 is 0 Å². The number of rotatable bonds is 6. The third-order valence-corrected chi connectivity index (χ3v) is 3.69. The minimum absolute atomic E-state index is 0.0236. The van der Waals surface area contributed by atoms with Crippen molar-refractivity contribution in [2.24, 2.45) is 11.8 Å². The number of nitrogens with one attached hydrogen (secondary N) is 1. The second-order valence-corrected chi connectivity index (χ2v) is 6.09. The van der Waals surface area contributed by atoms with Crippen LogP contribution in [0, 0.1) is 11.8 Å². The van der Waals surface area contributed by atoms with Gasteiger partial charge in [0.25, 0.3) is 0 Å². The summed E-state index contributed by atoms with van der Waals surface area (Å²) in [6.45, 7) is 6.22. The summed E-state index contributed by atoms with van der Waals surface area (Å²) in [6.07, 6.45) is 3.00. The van der Waals surface area contributed by atoms with Crippen LogP contribution in [0.15, 0.2) is 18.2 Å². The van der Waals surface area contributed by atoms with Crippen LogP contribution < -0.4 is 10.1 Å². The number of hydrogen-bond donors (Lipinski definition) is 1. The topological polar surface area (TPSA) is 55.4 Å². The zero-order valence-electron chi connectivity index (χ0n) is 12.9. The molecule has 21 heavy (non-hydrogen) atoms. The molecule has 2 rings (SSSR count). The van der Waals surface area contributed by atoms with Crippen LogP contribution in [0.2, 0.25) is 0 Å². The van der Waals surface area contributed by atoms with Gasteiger partial charge in [-0.05, 0) is 43.9 Å². The van der Waals surface area contributed by atoms with E-state index in [1.54, 1.807) is 18.2 Å².